The fraction of sp³-hybridized carbons (Fsp3) is 0.267. The number of benzene rings is 1. The zero-order valence-corrected chi connectivity index (χ0v) is 13.2. The second kappa shape index (κ2) is 7.43. The van der Waals surface area contributed by atoms with E-state index < -0.39 is 6.04 Å². The number of nitrogens with one attached hydrogen (secondary N) is 1. The van der Waals surface area contributed by atoms with Gasteiger partial charge in [0.25, 0.3) is 0 Å². The quantitative estimate of drug-likeness (QED) is 0.911. The molecule has 20 heavy (non-hydrogen) atoms. The van der Waals surface area contributed by atoms with Gasteiger partial charge in [-0.15, -0.1) is 23.7 Å². The van der Waals surface area contributed by atoms with Crippen molar-refractivity contribution in [2.45, 2.75) is 26.4 Å². The Kier molecular flexibility index (Phi) is 6.20. The Balaban J connectivity index is 0.00000200. The van der Waals surface area contributed by atoms with Crippen molar-refractivity contribution in [3.8, 4) is 0 Å². The molecule has 0 saturated carbocycles. The fourth-order valence-electron chi connectivity index (χ4n) is 1.79. The van der Waals surface area contributed by atoms with Crippen LogP contribution in [0.15, 0.2) is 36.4 Å². The van der Waals surface area contributed by atoms with E-state index in [1.54, 1.807) is 11.3 Å². The van der Waals surface area contributed by atoms with Gasteiger partial charge in [-0.3, -0.25) is 4.79 Å². The molecule has 2 aromatic rings. The summed E-state index contributed by atoms with van der Waals surface area (Å²) in [6, 6.07) is 11.2. The van der Waals surface area contributed by atoms with E-state index in [0.29, 0.717) is 6.54 Å². The average Bonchev–Trinajstić information content (AvgIpc) is 2.82. The molecule has 5 heteroatoms. The van der Waals surface area contributed by atoms with Crippen molar-refractivity contribution < 1.29 is 4.79 Å². The van der Waals surface area contributed by atoms with Crippen LogP contribution in [-0.2, 0) is 11.3 Å². The predicted molar refractivity (Wildman–Crippen MR) is 86.3 cm³/mol. The van der Waals surface area contributed by atoms with Gasteiger partial charge >= 0.3 is 0 Å². The summed E-state index contributed by atoms with van der Waals surface area (Å²) in [7, 11) is 0. The van der Waals surface area contributed by atoms with Crippen molar-refractivity contribution >= 4 is 29.7 Å². The molecule has 0 spiro atoms. The summed E-state index contributed by atoms with van der Waals surface area (Å²) in [5, 5.41) is 2.87. The SMILES string of the molecule is Cc1ccc(C(N)C(=O)NCc2ccc(C)s2)cc1.Cl. The van der Waals surface area contributed by atoms with E-state index in [1.165, 1.54) is 4.88 Å². The molecule has 1 heterocycles. The van der Waals surface area contributed by atoms with Gasteiger partial charge in [0.05, 0.1) is 6.54 Å². The van der Waals surface area contributed by atoms with Crippen LogP contribution in [0.1, 0.15) is 26.9 Å². The highest BCUT2D eigenvalue weighted by molar-refractivity contribution is 7.11. The lowest BCUT2D eigenvalue weighted by atomic mass is 10.1. The number of aryl methyl sites for hydroxylation is 2. The van der Waals surface area contributed by atoms with Crippen molar-refractivity contribution in [2.24, 2.45) is 5.73 Å². The van der Waals surface area contributed by atoms with Crippen molar-refractivity contribution in [2.75, 3.05) is 0 Å². The molecule has 0 fully saturated rings. The molecule has 1 atom stereocenters. The number of carbonyl (C=O) groups is 1. The third-order valence-corrected chi connectivity index (χ3v) is 3.95. The molecular formula is C15H19ClN2OS. The number of nitrogens with two attached hydrogens (primary N) is 1. The minimum absolute atomic E-state index is 0. The molecule has 1 aromatic heterocycles. The zero-order chi connectivity index (χ0) is 13.8. The molecule has 1 unspecified atom stereocenters. The van der Waals surface area contributed by atoms with Gasteiger partial charge in [-0.2, -0.15) is 0 Å². The number of carbonyl (C=O) groups excluding carboxylic acids is 1. The van der Waals surface area contributed by atoms with Crippen LogP contribution in [0.25, 0.3) is 0 Å². The Bertz CT molecular complexity index is 566. The van der Waals surface area contributed by atoms with Crippen LogP contribution in [-0.4, -0.2) is 5.91 Å². The summed E-state index contributed by atoms with van der Waals surface area (Å²) in [4.78, 5) is 14.4. The number of hydrogen-bond donors (Lipinski definition) is 2. The smallest absolute Gasteiger partial charge is 0.241 e. The van der Waals surface area contributed by atoms with Gasteiger partial charge < -0.3 is 11.1 Å². The molecule has 3 N–H and O–H groups in total. The Morgan fingerprint density at radius 1 is 1.20 bits per heavy atom. The van der Waals surface area contributed by atoms with Gasteiger partial charge in [0.1, 0.15) is 6.04 Å². The highest BCUT2D eigenvalue weighted by atomic mass is 35.5. The first-order valence-corrected chi connectivity index (χ1v) is 7.03. The molecule has 0 bridgehead atoms. The Morgan fingerprint density at radius 2 is 1.85 bits per heavy atom. The van der Waals surface area contributed by atoms with E-state index in [4.69, 9.17) is 5.73 Å². The van der Waals surface area contributed by atoms with E-state index in [9.17, 15) is 4.79 Å². The third kappa shape index (κ3) is 4.34. The van der Waals surface area contributed by atoms with Gasteiger partial charge in [-0.05, 0) is 31.5 Å². The largest absolute Gasteiger partial charge is 0.350 e. The number of hydrogen-bond acceptors (Lipinski definition) is 3. The van der Waals surface area contributed by atoms with E-state index in [-0.39, 0.29) is 18.3 Å². The zero-order valence-electron chi connectivity index (χ0n) is 11.6. The number of thiophene rings is 1. The number of amides is 1. The molecule has 2 rings (SSSR count). The molecule has 0 aliphatic rings. The first kappa shape index (κ1) is 16.7. The first-order valence-electron chi connectivity index (χ1n) is 6.21. The summed E-state index contributed by atoms with van der Waals surface area (Å²) in [5.41, 5.74) is 7.95. The lowest BCUT2D eigenvalue weighted by molar-refractivity contribution is -0.122. The minimum Gasteiger partial charge on any atom is -0.350 e. The minimum atomic E-state index is -0.610. The third-order valence-electron chi connectivity index (χ3n) is 2.95. The molecule has 0 aliphatic heterocycles. The van der Waals surface area contributed by atoms with Crippen LogP contribution in [0.5, 0.6) is 0 Å². The standard InChI is InChI=1S/C15H18N2OS.ClH/c1-10-3-6-12(7-4-10)14(16)15(18)17-9-13-8-5-11(2)19-13;/h3-8,14H,9,16H2,1-2H3,(H,17,18);1H. The lowest BCUT2D eigenvalue weighted by Crippen LogP contribution is -2.33. The van der Waals surface area contributed by atoms with Crippen molar-refractivity contribution in [1.82, 2.24) is 5.32 Å². The molecule has 0 radical (unpaired) electrons. The predicted octanol–water partition coefficient (Wildman–Crippen LogP) is 3.10. The Labute approximate surface area is 129 Å². The molecular weight excluding hydrogens is 292 g/mol. The van der Waals surface area contributed by atoms with Crippen LogP contribution < -0.4 is 11.1 Å². The van der Waals surface area contributed by atoms with Crippen molar-refractivity contribution in [3.05, 3.63) is 57.3 Å². The molecule has 1 aromatic carbocycles. The monoisotopic (exact) mass is 310 g/mol. The van der Waals surface area contributed by atoms with Crippen molar-refractivity contribution in [3.63, 3.8) is 0 Å². The summed E-state index contributed by atoms with van der Waals surface area (Å²) in [6.45, 7) is 4.60. The molecule has 1 amide bonds. The van der Waals surface area contributed by atoms with Crippen LogP contribution in [0.4, 0.5) is 0 Å². The number of halogens is 1. The maximum absolute atomic E-state index is 12.0. The summed E-state index contributed by atoms with van der Waals surface area (Å²) in [5.74, 6) is -0.144. The van der Waals surface area contributed by atoms with Crippen LogP contribution in [0, 0.1) is 13.8 Å². The van der Waals surface area contributed by atoms with Crippen LogP contribution in [0.2, 0.25) is 0 Å². The van der Waals surface area contributed by atoms with Gasteiger partial charge in [0, 0.05) is 9.75 Å². The maximum Gasteiger partial charge on any atom is 0.241 e. The second-order valence-corrected chi connectivity index (χ2v) is 5.99. The van der Waals surface area contributed by atoms with E-state index in [1.807, 2.05) is 50.2 Å². The fourth-order valence-corrected chi connectivity index (χ4v) is 2.62. The highest BCUT2D eigenvalue weighted by Gasteiger charge is 2.15. The summed E-state index contributed by atoms with van der Waals surface area (Å²) in [6.07, 6.45) is 0. The average molecular weight is 311 g/mol. The molecule has 0 aliphatic carbocycles. The second-order valence-electron chi connectivity index (χ2n) is 4.62. The van der Waals surface area contributed by atoms with Gasteiger partial charge in [-0.25, -0.2) is 0 Å². The Hall–Kier alpha value is -1.36. The van der Waals surface area contributed by atoms with Gasteiger partial charge in [0.15, 0.2) is 0 Å². The molecule has 108 valence electrons. The van der Waals surface area contributed by atoms with E-state index >= 15 is 0 Å². The van der Waals surface area contributed by atoms with E-state index in [0.717, 1.165) is 16.0 Å². The van der Waals surface area contributed by atoms with Crippen molar-refractivity contribution in [1.29, 1.82) is 0 Å². The number of rotatable bonds is 4. The molecule has 3 nitrogen and oxygen atoms in total. The first-order chi connectivity index (χ1) is 9.06. The van der Waals surface area contributed by atoms with Gasteiger partial charge in [-0.1, -0.05) is 29.8 Å². The van der Waals surface area contributed by atoms with Crippen LogP contribution in [0.3, 0.4) is 0 Å². The van der Waals surface area contributed by atoms with Gasteiger partial charge in [0.2, 0.25) is 5.91 Å². The maximum atomic E-state index is 12.0. The topological polar surface area (TPSA) is 55.1 Å². The Morgan fingerprint density at radius 3 is 2.40 bits per heavy atom. The lowest BCUT2D eigenvalue weighted by Gasteiger charge is -2.12. The van der Waals surface area contributed by atoms with Crippen LogP contribution >= 0.6 is 23.7 Å². The van der Waals surface area contributed by atoms with E-state index in [2.05, 4.69) is 5.32 Å². The summed E-state index contributed by atoms with van der Waals surface area (Å²) >= 11 is 1.68. The highest BCUT2D eigenvalue weighted by Crippen LogP contribution is 2.15. The molecule has 0 saturated heterocycles. The normalized spacial score (nSPS) is 11.6. The summed E-state index contributed by atoms with van der Waals surface area (Å²) < 4.78 is 0.